The van der Waals surface area contributed by atoms with Gasteiger partial charge >= 0.3 is 5.97 Å². The molecule has 0 amide bonds. The third kappa shape index (κ3) is 2.27. The van der Waals surface area contributed by atoms with E-state index in [9.17, 15) is 4.79 Å². The van der Waals surface area contributed by atoms with Crippen LogP contribution in [0, 0.1) is 0 Å². The van der Waals surface area contributed by atoms with E-state index in [0.717, 1.165) is 31.6 Å². The molecule has 0 atom stereocenters. The molecule has 0 unspecified atom stereocenters. The maximum Gasteiger partial charge on any atom is 0.354 e. The van der Waals surface area contributed by atoms with Gasteiger partial charge in [-0.1, -0.05) is 11.6 Å². The van der Waals surface area contributed by atoms with Crippen LogP contribution >= 0.6 is 11.6 Å². The van der Waals surface area contributed by atoms with Gasteiger partial charge in [0.2, 0.25) is 0 Å². The molecule has 1 aromatic heterocycles. The lowest BCUT2D eigenvalue weighted by Crippen LogP contribution is -2.29. The number of carbonyl (C=O) groups is 1. The summed E-state index contributed by atoms with van der Waals surface area (Å²) in [5.41, 5.74) is 0.832. The van der Waals surface area contributed by atoms with E-state index in [1.165, 1.54) is 12.6 Å². The minimum atomic E-state index is -1.02. The molecule has 2 rings (SSSR count). The lowest BCUT2D eigenvalue weighted by atomic mass is 10.1. The second-order valence-electron chi connectivity index (χ2n) is 3.87. The molecule has 1 N–H and O–H groups in total. The SMILES string of the molecule is O=C(O)c1cc(N2CCCCC2)c(Cl)cn1. The average Bonchev–Trinajstić information content (AvgIpc) is 2.30. The van der Waals surface area contributed by atoms with Crippen LogP contribution in [0.1, 0.15) is 29.8 Å². The summed E-state index contributed by atoms with van der Waals surface area (Å²) in [6.45, 7) is 1.87. The predicted molar refractivity (Wildman–Crippen MR) is 62.3 cm³/mol. The Hall–Kier alpha value is -1.29. The van der Waals surface area contributed by atoms with E-state index in [1.807, 2.05) is 0 Å². The largest absolute Gasteiger partial charge is 0.477 e. The summed E-state index contributed by atoms with van der Waals surface area (Å²) in [5.74, 6) is -1.02. The van der Waals surface area contributed by atoms with Crippen molar-refractivity contribution in [3.8, 4) is 0 Å². The number of nitrogens with zero attached hydrogens (tertiary/aromatic N) is 2. The minimum absolute atomic E-state index is 0.0463. The van der Waals surface area contributed by atoms with Crippen LogP contribution in [0.5, 0.6) is 0 Å². The van der Waals surface area contributed by atoms with E-state index >= 15 is 0 Å². The van der Waals surface area contributed by atoms with Gasteiger partial charge in [0, 0.05) is 19.3 Å². The Bertz CT molecular complexity index is 403. The van der Waals surface area contributed by atoms with Gasteiger partial charge in [-0.25, -0.2) is 9.78 Å². The maximum atomic E-state index is 10.8. The Morgan fingerprint density at radius 1 is 1.38 bits per heavy atom. The molecule has 0 radical (unpaired) electrons. The van der Waals surface area contributed by atoms with Gasteiger partial charge in [0.05, 0.1) is 10.7 Å². The first-order valence-electron chi connectivity index (χ1n) is 5.32. The first-order valence-corrected chi connectivity index (χ1v) is 5.70. The molecule has 86 valence electrons. The van der Waals surface area contributed by atoms with E-state index in [1.54, 1.807) is 6.07 Å². The summed E-state index contributed by atoms with van der Waals surface area (Å²) in [4.78, 5) is 16.7. The molecule has 4 nitrogen and oxygen atoms in total. The molecule has 2 heterocycles. The third-order valence-corrected chi connectivity index (χ3v) is 3.04. The van der Waals surface area contributed by atoms with Crippen molar-refractivity contribution in [2.24, 2.45) is 0 Å². The fourth-order valence-electron chi connectivity index (χ4n) is 1.92. The number of hydrogen-bond donors (Lipinski definition) is 1. The van der Waals surface area contributed by atoms with Crippen LogP contribution in [0.3, 0.4) is 0 Å². The molecular weight excluding hydrogens is 228 g/mol. The normalized spacial score (nSPS) is 16.2. The van der Waals surface area contributed by atoms with Gasteiger partial charge in [-0.3, -0.25) is 0 Å². The number of hydrogen-bond acceptors (Lipinski definition) is 3. The Labute approximate surface area is 98.9 Å². The summed E-state index contributed by atoms with van der Waals surface area (Å²) in [6.07, 6.45) is 4.89. The third-order valence-electron chi connectivity index (χ3n) is 2.75. The predicted octanol–water partition coefficient (Wildman–Crippen LogP) is 2.42. The molecule has 1 aliphatic heterocycles. The van der Waals surface area contributed by atoms with E-state index in [0.29, 0.717) is 5.02 Å². The van der Waals surface area contributed by atoms with Crippen molar-refractivity contribution in [2.75, 3.05) is 18.0 Å². The summed E-state index contributed by atoms with van der Waals surface area (Å²) in [7, 11) is 0. The van der Waals surface area contributed by atoms with E-state index in [-0.39, 0.29) is 5.69 Å². The average molecular weight is 241 g/mol. The number of carboxylic acid groups (broad SMARTS) is 1. The molecule has 0 spiro atoms. The van der Waals surface area contributed by atoms with Gasteiger partial charge in [-0.05, 0) is 25.3 Å². The highest BCUT2D eigenvalue weighted by Crippen LogP contribution is 2.28. The molecule has 0 bridgehead atoms. The highest BCUT2D eigenvalue weighted by Gasteiger charge is 2.16. The fourth-order valence-corrected chi connectivity index (χ4v) is 2.15. The summed E-state index contributed by atoms with van der Waals surface area (Å²) in [5, 5.41) is 9.39. The van der Waals surface area contributed by atoms with Gasteiger partial charge in [0.25, 0.3) is 0 Å². The highest BCUT2D eigenvalue weighted by atomic mass is 35.5. The standard InChI is InChI=1S/C11H13ClN2O2/c12-8-7-13-9(11(15)16)6-10(8)14-4-2-1-3-5-14/h6-7H,1-5H2,(H,15,16). The maximum absolute atomic E-state index is 10.8. The second-order valence-corrected chi connectivity index (χ2v) is 4.28. The molecule has 16 heavy (non-hydrogen) atoms. The van der Waals surface area contributed by atoms with Crippen molar-refractivity contribution in [2.45, 2.75) is 19.3 Å². The number of carboxylic acids is 1. The van der Waals surface area contributed by atoms with E-state index < -0.39 is 5.97 Å². The molecule has 0 saturated carbocycles. The topological polar surface area (TPSA) is 53.4 Å². The number of piperidine rings is 1. The van der Waals surface area contributed by atoms with Crippen LogP contribution in [-0.2, 0) is 0 Å². The highest BCUT2D eigenvalue weighted by molar-refractivity contribution is 6.33. The molecule has 1 saturated heterocycles. The Morgan fingerprint density at radius 3 is 2.69 bits per heavy atom. The van der Waals surface area contributed by atoms with Crippen molar-refractivity contribution in [1.82, 2.24) is 4.98 Å². The molecule has 1 fully saturated rings. The molecule has 0 aliphatic carbocycles. The van der Waals surface area contributed by atoms with Crippen LogP contribution in [0.4, 0.5) is 5.69 Å². The van der Waals surface area contributed by atoms with Gasteiger partial charge < -0.3 is 10.0 Å². The zero-order valence-corrected chi connectivity index (χ0v) is 9.57. The van der Waals surface area contributed by atoms with Crippen LogP contribution in [-0.4, -0.2) is 29.1 Å². The Balaban J connectivity index is 2.30. The van der Waals surface area contributed by atoms with Crippen molar-refractivity contribution >= 4 is 23.3 Å². The zero-order valence-electron chi connectivity index (χ0n) is 8.82. The van der Waals surface area contributed by atoms with Gasteiger partial charge in [-0.2, -0.15) is 0 Å². The van der Waals surface area contributed by atoms with Crippen molar-refractivity contribution in [1.29, 1.82) is 0 Å². The number of rotatable bonds is 2. The second kappa shape index (κ2) is 4.70. The van der Waals surface area contributed by atoms with Gasteiger partial charge in [0.1, 0.15) is 5.69 Å². The number of halogens is 1. The van der Waals surface area contributed by atoms with Crippen LogP contribution in [0.2, 0.25) is 5.02 Å². The molecule has 0 aromatic carbocycles. The number of aromatic nitrogens is 1. The zero-order chi connectivity index (χ0) is 11.5. The fraction of sp³-hybridized carbons (Fsp3) is 0.455. The molecular formula is C11H13ClN2O2. The van der Waals surface area contributed by atoms with Crippen LogP contribution in [0.25, 0.3) is 0 Å². The number of aromatic carboxylic acids is 1. The monoisotopic (exact) mass is 240 g/mol. The van der Waals surface area contributed by atoms with E-state index in [2.05, 4.69) is 9.88 Å². The van der Waals surface area contributed by atoms with Crippen molar-refractivity contribution < 1.29 is 9.90 Å². The summed E-state index contributed by atoms with van der Waals surface area (Å²) >= 11 is 6.04. The molecule has 5 heteroatoms. The van der Waals surface area contributed by atoms with Gasteiger partial charge in [-0.15, -0.1) is 0 Å². The Kier molecular flexibility index (Phi) is 3.29. The quantitative estimate of drug-likeness (QED) is 0.863. The number of anilines is 1. The smallest absolute Gasteiger partial charge is 0.354 e. The molecule has 1 aliphatic rings. The summed E-state index contributed by atoms with van der Waals surface area (Å²) < 4.78 is 0. The van der Waals surface area contributed by atoms with Crippen LogP contribution in [0.15, 0.2) is 12.3 Å². The lowest BCUT2D eigenvalue weighted by Gasteiger charge is -2.29. The van der Waals surface area contributed by atoms with Crippen molar-refractivity contribution in [3.05, 3.63) is 23.0 Å². The lowest BCUT2D eigenvalue weighted by molar-refractivity contribution is 0.0690. The summed E-state index contributed by atoms with van der Waals surface area (Å²) in [6, 6.07) is 1.55. The van der Waals surface area contributed by atoms with E-state index in [4.69, 9.17) is 16.7 Å². The van der Waals surface area contributed by atoms with Crippen LogP contribution < -0.4 is 4.90 Å². The first-order chi connectivity index (χ1) is 7.68. The molecule has 1 aromatic rings. The van der Waals surface area contributed by atoms with Gasteiger partial charge in [0.15, 0.2) is 0 Å². The number of pyridine rings is 1. The first kappa shape index (κ1) is 11.2. The van der Waals surface area contributed by atoms with Crippen molar-refractivity contribution in [3.63, 3.8) is 0 Å². The minimum Gasteiger partial charge on any atom is -0.477 e. The Morgan fingerprint density at radius 2 is 2.06 bits per heavy atom.